The van der Waals surface area contributed by atoms with Gasteiger partial charge in [0.25, 0.3) is 5.69 Å². The quantitative estimate of drug-likeness (QED) is 0.263. The number of nitro benzene ring substituents is 1. The number of methoxy groups -OCH3 is 1. The van der Waals surface area contributed by atoms with Crippen LogP contribution in [0.4, 0.5) is 11.4 Å². The number of furan rings is 1. The fraction of sp³-hybridized carbons (Fsp3) is 0.115. The number of rotatable bonds is 6. The minimum atomic E-state index is -0.411. The van der Waals surface area contributed by atoms with Crippen molar-refractivity contribution in [3.63, 3.8) is 0 Å². The molecule has 0 saturated heterocycles. The second-order valence-electron chi connectivity index (χ2n) is 7.68. The Hall–Kier alpha value is -4.39. The highest BCUT2D eigenvalue weighted by molar-refractivity contribution is 6.03. The molecule has 7 nitrogen and oxygen atoms in total. The van der Waals surface area contributed by atoms with E-state index in [2.05, 4.69) is 0 Å². The molecule has 164 valence electrons. The number of non-ortho nitro benzene ring substituents is 1. The third kappa shape index (κ3) is 4.08. The maximum atomic E-state index is 10.9. The van der Waals surface area contributed by atoms with Gasteiger partial charge in [0.15, 0.2) is 0 Å². The molecule has 3 aromatic carbocycles. The Morgan fingerprint density at radius 2 is 1.64 bits per heavy atom. The van der Waals surface area contributed by atoms with Gasteiger partial charge < -0.3 is 9.15 Å². The van der Waals surface area contributed by atoms with Crippen LogP contribution in [0.15, 0.2) is 101 Å². The molecular weight excluding hydrogens is 418 g/mol. The van der Waals surface area contributed by atoms with Gasteiger partial charge in [-0.3, -0.25) is 15.1 Å². The lowest BCUT2D eigenvalue weighted by atomic mass is 10.0. The van der Waals surface area contributed by atoms with Crippen molar-refractivity contribution >= 4 is 17.1 Å². The molecule has 33 heavy (non-hydrogen) atoms. The molecule has 4 aromatic rings. The molecule has 0 amide bonds. The van der Waals surface area contributed by atoms with Crippen LogP contribution in [0.3, 0.4) is 0 Å². The number of hydrazone groups is 1. The average molecular weight is 439 g/mol. The summed E-state index contributed by atoms with van der Waals surface area (Å²) in [5.41, 5.74) is 3.79. The van der Waals surface area contributed by atoms with Gasteiger partial charge in [0, 0.05) is 24.1 Å². The van der Waals surface area contributed by atoms with E-state index in [1.54, 1.807) is 19.2 Å². The number of nitro groups is 1. The zero-order valence-corrected chi connectivity index (χ0v) is 17.9. The number of hydrogen-bond acceptors (Lipinski definition) is 6. The van der Waals surface area contributed by atoms with Crippen molar-refractivity contribution in [2.45, 2.75) is 12.5 Å². The molecule has 0 saturated carbocycles. The van der Waals surface area contributed by atoms with E-state index in [1.165, 1.54) is 12.1 Å². The number of hydrogen-bond donors (Lipinski definition) is 0. The number of anilines is 1. The largest absolute Gasteiger partial charge is 0.497 e. The van der Waals surface area contributed by atoms with Gasteiger partial charge in [-0.25, -0.2) is 0 Å². The Morgan fingerprint density at radius 3 is 2.30 bits per heavy atom. The molecule has 1 aliphatic rings. The third-order valence-corrected chi connectivity index (χ3v) is 5.67. The summed E-state index contributed by atoms with van der Waals surface area (Å²) in [5.74, 6) is 2.23. The first kappa shape index (κ1) is 20.5. The number of ether oxygens (including phenoxy) is 1. The molecular formula is C26H21N3O4. The SMILES string of the molecule is COc1ccc(C2=NN(c3ccccc3)C(c3ccc(-c4ccc([N+](=O)[O-])cc4)o3)C2)cc1. The summed E-state index contributed by atoms with van der Waals surface area (Å²) in [6.45, 7) is 0. The van der Waals surface area contributed by atoms with Crippen LogP contribution in [0, 0.1) is 10.1 Å². The van der Waals surface area contributed by atoms with Gasteiger partial charge in [-0.05, 0) is 66.2 Å². The van der Waals surface area contributed by atoms with Crippen LogP contribution in [0.1, 0.15) is 23.8 Å². The zero-order valence-electron chi connectivity index (χ0n) is 17.9. The van der Waals surface area contributed by atoms with Crippen LogP contribution in [0.2, 0.25) is 0 Å². The van der Waals surface area contributed by atoms with Crippen LogP contribution in [0.25, 0.3) is 11.3 Å². The van der Waals surface area contributed by atoms with Crippen LogP contribution in [0.5, 0.6) is 5.75 Å². The first-order valence-electron chi connectivity index (χ1n) is 10.5. The molecule has 1 atom stereocenters. The Morgan fingerprint density at radius 1 is 0.939 bits per heavy atom. The van der Waals surface area contributed by atoms with E-state index in [4.69, 9.17) is 14.3 Å². The summed E-state index contributed by atoms with van der Waals surface area (Å²) < 4.78 is 11.5. The van der Waals surface area contributed by atoms with Crippen molar-refractivity contribution in [3.05, 3.63) is 112 Å². The lowest BCUT2D eigenvalue weighted by molar-refractivity contribution is -0.384. The van der Waals surface area contributed by atoms with Crippen molar-refractivity contribution in [1.29, 1.82) is 0 Å². The maximum absolute atomic E-state index is 10.9. The Bertz CT molecular complexity index is 1300. The Labute approximate surface area is 190 Å². The summed E-state index contributed by atoms with van der Waals surface area (Å²) in [6.07, 6.45) is 0.675. The second-order valence-corrected chi connectivity index (χ2v) is 7.68. The van der Waals surface area contributed by atoms with E-state index in [-0.39, 0.29) is 11.7 Å². The first-order chi connectivity index (χ1) is 16.1. The van der Waals surface area contributed by atoms with E-state index in [9.17, 15) is 10.1 Å². The normalized spacial score (nSPS) is 15.4. The van der Waals surface area contributed by atoms with E-state index >= 15 is 0 Å². The number of para-hydroxylation sites is 1. The summed E-state index contributed by atoms with van der Waals surface area (Å²) in [5, 5.41) is 17.9. The van der Waals surface area contributed by atoms with Gasteiger partial charge >= 0.3 is 0 Å². The second kappa shape index (κ2) is 8.63. The highest BCUT2D eigenvalue weighted by Gasteiger charge is 2.32. The zero-order chi connectivity index (χ0) is 22.8. The fourth-order valence-electron chi connectivity index (χ4n) is 3.94. The van der Waals surface area contributed by atoms with Gasteiger partial charge in [0.2, 0.25) is 0 Å². The van der Waals surface area contributed by atoms with Crippen LogP contribution < -0.4 is 9.75 Å². The lowest BCUT2D eigenvalue weighted by Gasteiger charge is -2.21. The summed E-state index contributed by atoms with van der Waals surface area (Å²) >= 11 is 0. The van der Waals surface area contributed by atoms with Gasteiger partial charge in [-0.2, -0.15) is 5.10 Å². The highest BCUT2D eigenvalue weighted by Crippen LogP contribution is 2.39. The fourth-order valence-corrected chi connectivity index (χ4v) is 3.94. The van der Waals surface area contributed by atoms with Gasteiger partial charge in [0.05, 0.1) is 23.4 Å². The summed E-state index contributed by atoms with van der Waals surface area (Å²) in [6, 6.07) is 27.9. The molecule has 0 N–H and O–H groups in total. The van der Waals surface area contributed by atoms with Crippen molar-refractivity contribution in [1.82, 2.24) is 0 Å². The van der Waals surface area contributed by atoms with Crippen molar-refractivity contribution in [2.24, 2.45) is 5.10 Å². The van der Waals surface area contributed by atoms with E-state index in [0.29, 0.717) is 12.2 Å². The Kier molecular flexibility index (Phi) is 5.36. The van der Waals surface area contributed by atoms with Crippen molar-refractivity contribution in [3.8, 4) is 17.1 Å². The first-order valence-corrected chi connectivity index (χ1v) is 10.5. The van der Waals surface area contributed by atoms with E-state index in [0.717, 1.165) is 34.0 Å². The van der Waals surface area contributed by atoms with Gasteiger partial charge in [0.1, 0.15) is 23.3 Å². The molecule has 1 aliphatic heterocycles. The molecule has 2 heterocycles. The topological polar surface area (TPSA) is 81.1 Å². The summed E-state index contributed by atoms with van der Waals surface area (Å²) in [4.78, 5) is 10.5. The van der Waals surface area contributed by atoms with Gasteiger partial charge in [-0.15, -0.1) is 0 Å². The minimum Gasteiger partial charge on any atom is -0.497 e. The monoisotopic (exact) mass is 439 g/mol. The number of benzene rings is 3. The summed E-state index contributed by atoms with van der Waals surface area (Å²) in [7, 11) is 1.65. The minimum absolute atomic E-state index is 0.0501. The smallest absolute Gasteiger partial charge is 0.269 e. The van der Waals surface area contributed by atoms with Crippen LogP contribution >= 0.6 is 0 Å². The van der Waals surface area contributed by atoms with Gasteiger partial charge in [-0.1, -0.05) is 18.2 Å². The molecule has 0 spiro atoms. The molecule has 1 unspecified atom stereocenters. The molecule has 0 radical (unpaired) electrons. The lowest BCUT2D eigenvalue weighted by Crippen LogP contribution is -2.17. The third-order valence-electron chi connectivity index (χ3n) is 5.67. The maximum Gasteiger partial charge on any atom is 0.269 e. The van der Waals surface area contributed by atoms with Crippen LogP contribution in [-0.2, 0) is 0 Å². The average Bonchev–Trinajstić information content (AvgIpc) is 3.52. The van der Waals surface area contributed by atoms with E-state index in [1.807, 2.05) is 71.7 Å². The van der Waals surface area contributed by atoms with Crippen LogP contribution in [-0.4, -0.2) is 17.7 Å². The predicted molar refractivity (Wildman–Crippen MR) is 127 cm³/mol. The van der Waals surface area contributed by atoms with E-state index < -0.39 is 4.92 Å². The molecule has 0 fully saturated rings. The molecule has 1 aromatic heterocycles. The molecule has 5 rings (SSSR count). The van der Waals surface area contributed by atoms with Crippen molar-refractivity contribution < 1.29 is 14.1 Å². The standard InChI is InChI=1S/C26H21N3O4/c1-32-22-13-9-18(10-14-22)23-17-24(28(27-23)20-5-3-2-4-6-20)26-16-15-25(33-26)19-7-11-21(12-8-19)29(30)31/h2-16,24H,17H2,1H3. The Balaban J connectivity index is 1.47. The molecule has 0 bridgehead atoms. The predicted octanol–water partition coefficient (Wildman–Crippen LogP) is 6.22. The van der Waals surface area contributed by atoms with Crippen molar-refractivity contribution in [2.75, 3.05) is 12.1 Å². The molecule has 0 aliphatic carbocycles. The molecule has 7 heteroatoms. The number of nitrogens with zero attached hydrogens (tertiary/aromatic N) is 3. The highest BCUT2D eigenvalue weighted by atomic mass is 16.6.